The maximum absolute atomic E-state index is 11.1. The largest absolute Gasteiger partial charge is 0.481 e. The molecule has 0 aliphatic heterocycles. The summed E-state index contributed by atoms with van der Waals surface area (Å²) >= 11 is 0. The predicted molar refractivity (Wildman–Crippen MR) is 80.3 cm³/mol. The van der Waals surface area contributed by atoms with Crippen LogP contribution in [-0.4, -0.2) is 29.7 Å². The zero-order valence-corrected chi connectivity index (χ0v) is 11.7. The summed E-state index contributed by atoms with van der Waals surface area (Å²) in [5, 5.41) is 9.11. The molecule has 1 aromatic carbocycles. The minimum absolute atomic E-state index is 0.160. The first-order valence-corrected chi connectivity index (χ1v) is 6.41. The van der Waals surface area contributed by atoms with Crippen LogP contribution in [0, 0.1) is 0 Å². The molecule has 0 radical (unpaired) electrons. The van der Waals surface area contributed by atoms with Crippen LogP contribution in [-0.2, 0) is 11.3 Å². The lowest BCUT2D eigenvalue weighted by atomic mass is 10.2. The highest BCUT2D eigenvalue weighted by molar-refractivity contribution is 5.77. The van der Waals surface area contributed by atoms with Crippen molar-refractivity contribution in [3.63, 3.8) is 0 Å². The van der Waals surface area contributed by atoms with Gasteiger partial charge in [-0.3, -0.25) is 4.79 Å². The van der Waals surface area contributed by atoms with Crippen LogP contribution in [0.25, 0.3) is 0 Å². The molecule has 1 heterocycles. The standard InChI is InChI=1S/C15H17N3O3/c1-21-15-11(5-4-8-17-15)9-18(10-14(19)20)13-7-3-2-6-12(13)16/h2-8H,9-10,16H2,1H3,(H,19,20). The number of methoxy groups -OCH3 is 1. The quantitative estimate of drug-likeness (QED) is 0.787. The van der Waals surface area contributed by atoms with Crippen molar-refractivity contribution in [3.8, 4) is 5.88 Å². The van der Waals surface area contributed by atoms with E-state index in [1.807, 2.05) is 18.2 Å². The second kappa shape index (κ2) is 6.60. The van der Waals surface area contributed by atoms with Crippen molar-refractivity contribution in [1.82, 2.24) is 4.98 Å². The molecule has 2 rings (SSSR count). The zero-order valence-electron chi connectivity index (χ0n) is 11.7. The number of pyridine rings is 1. The number of aromatic nitrogens is 1. The van der Waals surface area contributed by atoms with E-state index in [0.717, 1.165) is 5.56 Å². The number of nitrogen functional groups attached to an aromatic ring is 1. The molecular formula is C15H17N3O3. The summed E-state index contributed by atoms with van der Waals surface area (Å²) in [6, 6.07) is 10.8. The van der Waals surface area contributed by atoms with Gasteiger partial charge in [0, 0.05) is 18.3 Å². The average molecular weight is 287 g/mol. The Kier molecular flexibility index (Phi) is 4.61. The van der Waals surface area contributed by atoms with Crippen LogP contribution in [0.3, 0.4) is 0 Å². The lowest BCUT2D eigenvalue weighted by Crippen LogP contribution is -2.30. The van der Waals surface area contributed by atoms with Crippen LogP contribution in [0.15, 0.2) is 42.6 Å². The van der Waals surface area contributed by atoms with Gasteiger partial charge in [0.15, 0.2) is 0 Å². The molecule has 0 saturated heterocycles. The van der Waals surface area contributed by atoms with E-state index in [2.05, 4.69) is 4.98 Å². The molecule has 2 aromatic rings. The number of aliphatic carboxylic acids is 1. The van der Waals surface area contributed by atoms with Crippen LogP contribution >= 0.6 is 0 Å². The monoisotopic (exact) mass is 287 g/mol. The summed E-state index contributed by atoms with van der Waals surface area (Å²) in [6.45, 7) is 0.184. The van der Waals surface area contributed by atoms with Gasteiger partial charge in [-0.15, -0.1) is 0 Å². The number of benzene rings is 1. The first-order valence-electron chi connectivity index (χ1n) is 6.41. The highest BCUT2D eigenvalue weighted by Gasteiger charge is 2.16. The number of carboxylic acids is 1. The van der Waals surface area contributed by atoms with Crippen LogP contribution in [0.2, 0.25) is 0 Å². The van der Waals surface area contributed by atoms with E-state index < -0.39 is 5.97 Å². The molecule has 21 heavy (non-hydrogen) atoms. The van der Waals surface area contributed by atoms with Crippen molar-refractivity contribution in [2.75, 3.05) is 24.3 Å². The first-order chi connectivity index (χ1) is 10.1. The predicted octanol–water partition coefficient (Wildman–Crippen LogP) is 1.76. The molecule has 6 heteroatoms. The Morgan fingerprint density at radius 1 is 1.33 bits per heavy atom. The van der Waals surface area contributed by atoms with Crippen LogP contribution in [0.1, 0.15) is 5.56 Å². The molecule has 110 valence electrons. The van der Waals surface area contributed by atoms with Crippen LogP contribution < -0.4 is 15.4 Å². The minimum Gasteiger partial charge on any atom is -0.481 e. The highest BCUT2D eigenvalue weighted by atomic mass is 16.5. The van der Waals surface area contributed by atoms with E-state index in [1.54, 1.807) is 29.3 Å². The van der Waals surface area contributed by atoms with E-state index in [9.17, 15) is 4.79 Å². The summed E-state index contributed by atoms with van der Waals surface area (Å²) in [5.41, 5.74) is 7.94. The number of carboxylic acid groups (broad SMARTS) is 1. The second-order valence-corrected chi connectivity index (χ2v) is 4.48. The molecule has 0 saturated carbocycles. The molecule has 0 unspecified atom stereocenters. The van der Waals surface area contributed by atoms with Crippen molar-refractivity contribution < 1.29 is 14.6 Å². The molecule has 0 fully saturated rings. The lowest BCUT2D eigenvalue weighted by molar-refractivity contribution is -0.135. The summed E-state index contributed by atoms with van der Waals surface area (Å²) in [6.07, 6.45) is 1.63. The Morgan fingerprint density at radius 2 is 2.10 bits per heavy atom. The zero-order chi connectivity index (χ0) is 15.2. The number of rotatable bonds is 6. The number of hydrogen-bond donors (Lipinski definition) is 2. The molecule has 0 aliphatic carbocycles. The molecule has 0 amide bonds. The van der Waals surface area contributed by atoms with Gasteiger partial charge in [0.25, 0.3) is 0 Å². The van der Waals surface area contributed by atoms with Gasteiger partial charge in [-0.25, -0.2) is 4.98 Å². The SMILES string of the molecule is COc1ncccc1CN(CC(=O)O)c1ccccc1N. The fourth-order valence-corrected chi connectivity index (χ4v) is 2.10. The number of ether oxygens (including phenoxy) is 1. The van der Waals surface area contributed by atoms with Crippen molar-refractivity contribution in [3.05, 3.63) is 48.2 Å². The van der Waals surface area contributed by atoms with Gasteiger partial charge in [0.1, 0.15) is 6.54 Å². The van der Waals surface area contributed by atoms with E-state index in [-0.39, 0.29) is 6.54 Å². The normalized spacial score (nSPS) is 10.1. The summed E-state index contributed by atoms with van der Waals surface area (Å²) in [5.74, 6) is -0.455. The van der Waals surface area contributed by atoms with Crippen molar-refractivity contribution >= 4 is 17.3 Å². The van der Waals surface area contributed by atoms with Gasteiger partial charge in [-0.05, 0) is 18.2 Å². The molecule has 0 atom stereocenters. The number of nitrogens with two attached hydrogens (primary N) is 1. The first kappa shape index (κ1) is 14.6. The van der Waals surface area contributed by atoms with Gasteiger partial charge in [0.2, 0.25) is 5.88 Å². The molecule has 3 N–H and O–H groups in total. The van der Waals surface area contributed by atoms with Gasteiger partial charge in [0.05, 0.1) is 18.5 Å². The second-order valence-electron chi connectivity index (χ2n) is 4.48. The van der Waals surface area contributed by atoms with Gasteiger partial charge < -0.3 is 20.5 Å². The number of hydrogen-bond acceptors (Lipinski definition) is 5. The van der Waals surface area contributed by atoms with Crippen LogP contribution in [0.5, 0.6) is 5.88 Å². The number of anilines is 2. The maximum Gasteiger partial charge on any atom is 0.323 e. The topological polar surface area (TPSA) is 88.7 Å². The third-order valence-corrected chi connectivity index (χ3v) is 3.01. The van der Waals surface area contributed by atoms with E-state index in [0.29, 0.717) is 23.8 Å². The maximum atomic E-state index is 11.1. The smallest absolute Gasteiger partial charge is 0.323 e. The number of nitrogens with zero attached hydrogens (tertiary/aromatic N) is 2. The van der Waals surface area contributed by atoms with Crippen molar-refractivity contribution in [1.29, 1.82) is 0 Å². The number of para-hydroxylation sites is 2. The Bertz CT molecular complexity index is 631. The van der Waals surface area contributed by atoms with Crippen LogP contribution in [0.4, 0.5) is 11.4 Å². The minimum atomic E-state index is -0.930. The Labute approximate surface area is 122 Å². The Morgan fingerprint density at radius 3 is 2.76 bits per heavy atom. The fourth-order valence-electron chi connectivity index (χ4n) is 2.10. The van der Waals surface area contributed by atoms with E-state index in [4.69, 9.17) is 15.6 Å². The van der Waals surface area contributed by atoms with Gasteiger partial charge in [-0.2, -0.15) is 0 Å². The molecule has 6 nitrogen and oxygen atoms in total. The summed E-state index contributed by atoms with van der Waals surface area (Å²) < 4.78 is 5.20. The highest BCUT2D eigenvalue weighted by Crippen LogP contribution is 2.26. The summed E-state index contributed by atoms with van der Waals surface area (Å²) in [4.78, 5) is 16.9. The van der Waals surface area contributed by atoms with Gasteiger partial charge in [-0.1, -0.05) is 18.2 Å². The molecule has 0 aliphatic rings. The van der Waals surface area contributed by atoms with E-state index >= 15 is 0 Å². The number of carbonyl (C=O) groups is 1. The third-order valence-electron chi connectivity index (χ3n) is 3.01. The third kappa shape index (κ3) is 3.62. The van der Waals surface area contributed by atoms with E-state index in [1.165, 1.54) is 7.11 Å². The molecule has 0 spiro atoms. The molecule has 0 bridgehead atoms. The van der Waals surface area contributed by atoms with Crippen molar-refractivity contribution in [2.45, 2.75) is 6.54 Å². The molecule has 1 aromatic heterocycles. The fraction of sp³-hybridized carbons (Fsp3) is 0.200. The van der Waals surface area contributed by atoms with Gasteiger partial charge >= 0.3 is 5.97 Å². The Balaban J connectivity index is 2.33. The average Bonchev–Trinajstić information content (AvgIpc) is 2.47. The summed E-state index contributed by atoms with van der Waals surface area (Å²) in [7, 11) is 1.53. The lowest BCUT2D eigenvalue weighted by Gasteiger charge is -2.24. The van der Waals surface area contributed by atoms with Crippen molar-refractivity contribution in [2.24, 2.45) is 0 Å². The molecular weight excluding hydrogens is 270 g/mol. The Hall–Kier alpha value is -2.76.